The number of fused-ring (bicyclic) bond motifs is 1. The Morgan fingerprint density at radius 3 is 2.52 bits per heavy atom. The number of nitrogens with two attached hydrogens (primary N) is 1. The van der Waals surface area contributed by atoms with Crippen molar-refractivity contribution in [2.24, 2.45) is 10.2 Å². The summed E-state index contributed by atoms with van der Waals surface area (Å²) < 4.78 is 24.1. The van der Waals surface area contributed by atoms with Crippen molar-refractivity contribution < 1.29 is 12.9 Å². The Balaban J connectivity index is 1.90. The van der Waals surface area contributed by atoms with Crippen molar-refractivity contribution in [1.29, 1.82) is 0 Å². The van der Waals surface area contributed by atoms with Crippen molar-refractivity contribution in [2.75, 3.05) is 5.73 Å². The lowest BCUT2D eigenvalue weighted by atomic mass is 10.1. The molecule has 6 nitrogen and oxygen atoms in total. The van der Waals surface area contributed by atoms with Crippen molar-refractivity contribution >= 4 is 39.2 Å². The number of anilines is 1. The molecule has 23 heavy (non-hydrogen) atoms. The highest BCUT2D eigenvalue weighted by molar-refractivity contribution is 7.74. The van der Waals surface area contributed by atoms with Gasteiger partial charge < -0.3 is 9.92 Å². The van der Waals surface area contributed by atoms with Crippen LogP contribution in [0.15, 0.2) is 70.9 Å². The molecule has 0 heterocycles. The fourth-order valence-corrected chi connectivity index (χ4v) is 2.36. The van der Waals surface area contributed by atoms with Crippen LogP contribution in [-0.4, -0.2) is 8.76 Å². The summed E-state index contributed by atoms with van der Waals surface area (Å²) in [7, 11) is 0. The quantitative estimate of drug-likeness (QED) is 0.423. The molecule has 0 aromatic heterocycles. The number of hydrogen-bond acceptors (Lipinski definition) is 5. The van der Waals surface area contributed by atoms with E-state index in [0.29, 0.717) is 17.1 Å². The Hall–Kier alpha value is -2.77. The highest BCUT2D eigenvalue weighted by Gasteiger charge is 2.04. The Bertz CT molecular complexity index is 912. The molecule has 0 radical (unpaired) electrons. The summed E-state index contributed by atoms with van der Waals surface area (Å²) in [6, 6.07) is 18.1. The Morgan fingerprint density at radius 1 is 0.957 bits per heavy atom. The van der Waals surface area contributed by atoms with Crippen LogP contribution in [0.2, 0.25) is 0 Å². The van der Waals surface area contributed by atoms with Crippen molar-refractivity contribution in [1.82, 2.24) is 0 Å². The molecule has 1 atom stereocenters. The molecule has 3 rings (SSSR count). The summed E-state index contributed by atoms with van der Waals surface area (Å²) in [6.45, 7) is 0. The van der Waals surface area contributed by atoms with Gasteiger partial charge in [0, 0.05) is 6.07 Å². The molecule has 3 aromatic carbocycles. The van der Waals surface area contributed by atoms with E-state index in [0.717, 1.165) is 10.8 Å². The summed E-state index contributed by atoms with van der Waals surface area (Å²) in [5.41, 5.74) is 7.26. The smallest absolute Gasteiger partial charge is 0.357 e. The van der Waals surface area contributed by atoms with Gasteiger partial charge >= 0.3 is 11.4 Å². The third kappa shape index (κ3) is 3.71. The second-order valence-corrected chi connectivity index (χ2v) is 5.35. The summed E-state index contributed by atoms with van der Waals surface area (Å²) in [6.07, 6.45) is 0. The average Bonchev–Trinajstić information content (AvgIpc) is 2.54. The molecule has 0 saturated carbocycles. The normalized spacial score (nSPS) is 12.6. The van der Waals surface area contributed by atoms with Gasteiger partial charge in [-0.1, -0.05) is 30.3 Å². The van der Waals surface area contributed by atoms with E-state index in [2.05, 4.69) is 10.2 Å². The highest BCUT2D eigenvalue weighted by Crippen LogP contribution is 2.30. The van der Waals surface area contributed by atoms with Crippen molar-refractivity contribution in [3.05, 3.63) is 60.7 Å². The molecule has 0 amide bonds. The lowest BCUT2D eigenvalue weighted by Crippen LogP contribution is -1.97. The molecule has 7 heteroatoms. The monoisotopic (exact) mass is 327 g/mol. The second-order valence-electron chi connectivity index (χ2n) is 4.75. The predicted octanol–water partition coefficient (Wildman–Crippen LogP) is 4.35. The van der Waals surface area contributed by atoms with Crippen LogP contribution in [-0.2, 0) is 11.4 Å². The summed E-state index contributed by atoms with van der Waals surface area (Å²) >= 11 is -2.40. The molecule has 0 aliphatic heterocycles. The van der Waals surface area contributed by atoms with Crippen LogP contribution in [0.5, 0.6) is 5.75 Å². The van der Waals surface area contributed by atoms with Gasteiger partial charge in [-0.15, -0.1) is 5.11 Å². The molecule has 0 saturated heterocycles. The molecule has 0 aliphatic carbocycles. The van der Waals surface area contributed by atoms with E-state index in [1.54, 1.807) is 0 Å². The van der Waals surface area contributed by atoms with Crippen molar-refractivity contribution in [3.8, 4) is 5.75 Å². The summed E-state index contributed by atoms with van der Waals surface area (Å²) in [5, 5.41) is 10.4. The lowest BCUT2D eigenvalue weighted by Gasteiger charge is -2.03. The Morgan fingerprint density at radius 2 is 1.74 bits per heavy atom. The van der Waals surface area contributed by atoms with Gasteiger partial charge in [0.25, 0.3) is 0 Å². The average molecular weight is 327 g/mol. The Kier molecular flexibility index (Phi) is 4.31. The minimum absolute atomic E-state index is 0.187. The standard InChI is InChI=1S/C16H13N3O3S/c17-15-8-7-14(22-23(20)21)10-16(15)19-18-13-6-5-11-3-1-2-4-12(11)9-13/h1-10H,17H2,(H,20,21). The first-order valence-corrected chi connectivity index (χ1v) is 7.74. The number of azo groups is 1. The van der Waals surface area contributed by atoms with Gasteiger partial charge in [0.1, 0.15) is 11.4 Å². The maximum Gasteiger partial charge on any atom is 0.357 e. The molecule has 0 spiro atoms. The molecular formula is C16H13N3O3S. The van der Waals surface area contributed by atoms with Crippen molar-refractivity contribution in [3.63, 3.8) is 0 Å². The van der Waals surface area contributed by atoms with Crippen LogP contribution >= 0.6 is 0 Å². The number of nitrogens with zero attached hydrogens (tertiary/aromatic N) is 2. The van der Waals surface area contributed by atoms with Crippen LogP contribution < -0.4 is 9.92 Å². The van der Waals surface area contributed by atoms with Crippen LogP contribution in [0.4, 0.5) is 17.1 Å². The topological polar surface area (TPSA) is 97.3 Å². The zero-order valence-corrected chi connectivity index (χ0v) is 12.7. The minimum Gasteiger partial charge on any atom is -0.397 e. The van der Waals surface area contributed by atoms with Gasteiger partial charge in [0.2, 0.25) is 0 Å². The van der Waals surface area contributed by atoms with E-state index >= 15 is 0 Å². The highest BCUT2D eigenvalue weighted by atomic mass is 32.2. The van der Waals surface area contributed by atoms with Crippen LogP contribution in [0.1, 0.15) is 0 Å². The second kappa shape index (κ2) is 6.55. The maximum atomic E-state index is 10.7. The third-order valence-corrected chi connectivity index (χ3v) is 3.51. The number of rotatable bonds is 4. The van der Waals surface area contributed by atoms with Gasteiger partial charge in [-0.25, -0.2) is 0 Å². The van der Waals surface area contributed by atoms with E-state index < -0.39 is 11.4 Å². The maximum absolute atomic E-state index is 10.7. The number of nitrogen functional groups attached to an aromatic ring is 1. The van der Waals surface area contributed by atoms with Crippen LogP contribution in [0.25, 0.3) is 10.8 Å². The first-order valence-electron chi connectivity index (χ1n) is 6.71. The van der Waals surface area contributed by atoms with Crippen molar-refractivity contribution in [2.45, 2.75) is 0 Å². The zero-order chi connectivity index (χ0) is 16.2. The molecule has 0 bridgehead atoms. The van der Waals surface area contributed by atoms with Gasteiger partial charge in [-0.2, -0.15) is 9.32 Å². The molecule has 1 unspecified atom stereocenters. The zero-order valence-electron chi connectivity index (χ0n) is 11.9. The molecule has 0 fully saturated rings. The van der Waals surface area contributed by atoms with Crippen LogP contribution in [0.3, 0.4) is 0 Å². The van der Waals surface area contributed by atoms with E-state index in [4.69, 9.17) is 14.5 Å². The fourth-order valence-electron chi connectivity index (χ4n) is 2.09. The Labute approximate surface area is 135 Å². The van der Waals surface area contributed by atoms with Crippen LogP contribution in [0, 0.1) is 0 Å². The summed E-state index contributed by atoms with van der Waals surface area (Å²) in [5.74, 6) is 0.187. The first kappa shape index (κ1) is 15.1. The van der Waals surface area contributed by atoms with Gasteiger partial charge in [0.05, 0.1) is 11.4 Å². The first-order chi connectivity index (χ1) is 11.1. The molecule has 3 N–H and O–H groups in total. The lowest BCUT2D eigenvalue weighted by molar-refractivity contribution is 0.458. The molecule has 116 valence electrons. The van der Waals surface area contributed by atoms with E-state index in [1.165, 1.54) is 18.2 Å². The summed E-state index contributed by atoms with van der Waals surface area (Å²) in [4.78, 5) is 0. The fraction of sp³-hybridized carbons (Fsp3) is 0. The number of benzene rings is 3. The van der Waals surface area contributed by atoms with Gasteiger partial charge in [-0.3, -0.25) is 4.55 Å². The SMILES string of the molecule is Nc1ccc(OS(=O)O)cc1N=Nc1ccc2ccccc2c1. The molecule has 0 aliphatic rings. The number of hydrogen-bond donors (Lipinski definition) is 2. The van der Waals surface area contributed by atoms with Gasteiger partial charge in [0.15, 0.2) is 0 Å². The predicted molar refractivity (Wildman–Crippen MR) is 90.4 cm³/mol. The van der Waals surface area contributed by atoms with Gasteiger partial charge in [-0.05, 0) is 35.0 Å². The largest absolute Gasteiger partial charge is 0.397 e. The van der Waals surface area contributed by atoms with E-state index in [9.17, 15) is 4.21 Å². The molecular weight excluding hydrogens is 314 g/mol. The molecule has 3 aromatic rings. The van der Waals surface area contributed by atoms with E-state index in [-0.39, 0.29) is 5.75 Å². The third-order valence-electron chi connectivity index (χ3n) is 3.18. The minimum atomic E-state index is -2.40. The van der Waals surface area contributed by atoms with E-state index in [1.807, 2.05) is 42.5 Å².